The van der Waals surface area contributed by atoms with Crippen molar-refractivity contribution < 1.29 is 14.0 Å². The van der Waals surface area contributed by atoms with Crippen LogP contribution < -0.4 is 10.2 Å². The zero-order valence-corrected chi connectivity index (χ0v) is 14.3. The summed E-state index contributed by atoms with van der Waals surface area (Å²) >= 11 is 0. The highest BCUT2D eigenvalue weighted by atomic mass is 19.1. The third-order valence-corrected chi connectivity index (χ3v) is 4.57. The summed E-state index contributed by atoms with van der Waals surface area (Å²) in [6.07, 6.45) is 0.388. The number of aryl methyl sites for hydroxylation is 1. The Morgan fingerprint density at radius 3 is 2.68 bits per heavy atom. The molecule has 0 radical (unpaired) electrons. The molecule has 0 aliphatic carbocycles. The number of nitrogens with one attached hydrogen (secondary N) is 1. The van der Waals surface area contributed by atoms with Crippen LogP contribution in [0.3, 0.4) is 0 Å². The van der Waals surface area contributed by atoms with Crippen LogP contribution in [0, 0.1) is 18.7 Å². The van der Waals surface area contributed by atoms with Crippen LogP contribution in [0.4, 0.5) is 10.1 Å². The number of nitrogens with zero attached hydrogens (tertiary/aromatic N) is 1. The van der Waals surface area contributed by atoms with Crippen molar-refractivity contribution in [2.75, 3.05) is 11.4 Å². The number of rotatable bonds is 4. The first kappa shape index (κ1) is 17.1. The van der Waals surface area contributed by atoms with Crippen LogP contribution >= 0.6 is 0 Å². The molecule has 4 nitrogen and oxygen atoms in total. The summed E-state index contributed by atoms with van der Waals surface area (Å²) in [5.41, 5.74) is 2.09. The molecule has 0 spiro atoms. The van der Waals surface area contributed by atoms with Gasteiger partial charge in [-0.05, 0) is 43.5 Å². The summed E-state index contributed by atoms with van der Waals surface area (Å²) < 4.78 is 14.1. The maximum atomic E-state index is 14.1. The number of carbonyl (C=O) groups excluding carboxylic acids is 2. The van der Waals surface area contributed by atoms with Crippen LogP contribution in [-0.2, 0) is 9.59 Å². The fraction of sp³-hybridized carbons (Fsp3) is 0.300. The minimum atomic E-state index is -0.772. The molecule has 2 amide bonds. The quantitative estimate of drug-likeness (QED) is 0.868. The van der Waals surface area contributed by atoms with Gasteiger partial charge in [0.05, 0.1) is 11.7 Å². The summed E-state index contributed by atoms with van der Waals surface area (Å²) in [5.74, 6) is -1.87. The average Bonchev–Trinajstić information content (AvgIpc) is 2.99. The molecule has 1 aliphatic heterocycles. The van der Waals surface area contributed by atoms with Crippen LogP contribution in [0.1, 0.15) is 30.5 Å². The van der Waals surface area contributed by atoms with E-state index in [9.17, 15) is 14.0 Å². The molecule has 2 aromatic carbocycles. The van der Waals surface area contributed by atoms with E-state index in [-0.39, 0.29) is 23.5 Å². The van der Waals surface area contributed by atoms with Crippen molar-refractivity contribution in [3.63, 3.8) is 0 Å². The van der Waals surface area contributed by atoms with Crippen molar-refractivity contribution in [2.24, 2.45) is 5.92 Å². The van der Waals surface area contributed by atoms with Gasteiger partial charge in [0, 0.05) is 6.54 Å². The number of amides is 2. The second-order valence-electron chi connectivity index (χ2n) is 6.43. The van der Waals surface area contributed by atoms with Gasteiger partial charge in [0.1, 0.15) is 11.7 Å². The van der Waals surface area contributed by atoms with Crippen molar-refractivity contribution in [3.05, 3.63) is 65.5 Å². The first-order valence-corrected chi connectivity index (χ1v) is 8.40. The molecule has 1 fully saturated rings. The summed E-state index contributed by atoms with van der Waals surface area (Å²) in [4.78, 5) is 26.5. The zero-order chi connectivity index (χ0) is 18.0. The summed E-state index contributed by atoms with van der Waals surface area (Å²) in [6.45, 7) is 4.07. The zero-order valence-electron chi connectivity index (χ0n) is 14.3. The molecule has 1 saturated heterocycles. The second kappa shape index (κ2) is 7.05. The molecule has 3 rings (SSSR count). The first-order valence-electron chi connectivity index (χ1n) is 8.40. The molecule has 1 heterocycles. The molecule has 0 saturated carbocycles. The largest absolute Gasteiger partial charge is 0.349 e. The van der Waals surface area contributed by atoms with Gasteiger partial charge in [-0.2, -0.15) is 0 Å². The van der Waals surface area contributed by atoms with Gasteiger partial charge in [-0.15, -0.1) is 0 Å². The van der Waals surface area contributed by atoms with E-state index >= 15 is 0 Å². The average molecular weight is 340 g/mol. The molecule has 2 atom stereocenters. The number of hydrogen-bond donors (Lipinski definition) is 1. The van der Waals surface area contributed by atoms with Gasteiger partial charge in [-0.1, -0.05) is 36.4 Å². The van der Waals surface area contributed by atoms with E-state index in [2.05, 4.69) is 5.32 Å². The van der Waals surface area contributed by atoms with E-state index in [1.165, 1.54) is 11.0 Å². The molecule has 0 unspecified atom stereocenters. The summed E-state index contributed by atoms with van der Waals surface area (Å²) in [5, 5.41) is 2.89. The highest BCUT2D eigenvalue weighted by molar-refractivity contribution is 6.09. The molecule has 0 aromatic heterocycles. The Morgan fingerprint density at radius 1 is 1.24 bits per heavy atom. The molecule has 130 valence electrons. The lowest BCUT2D eigenvalue weighted by molar-refractivity contribution is -0.132. The van der Waals surface area contributed by atoms with Crippen LogP contribution in [-0.4, -0.2) is 18.4 Å². The topological polar surface area (TPSA) is 49.4 Å². The Hall–Kier alpha value is -2.69. The van der Waals surface area contributed by atoms with E-state index in [1.807, 2.05) is 44.2 Å². The van der Waals surface area contributed by atoms with Crippen molar-refractivity contribution >= 4 is 17.5 Å². The second-order valence-corrected chi connectivity index (χ2v) is 6.43. The van der Waals surface area contributed by atoms with E-state index in [1.54, 1.807) is 12.1 Å². The molecule has 2 aromatic rings. The highest BCUT2D eigenvalue weighted by Crippen LogP contribution is 2.29. The minimum absolute atomic E-state index is 0.189. The summed E-state index contributed by atoms with van der Waals surface area (Å²) in [7, 11) is 0. The smallest absolute Gasteiger partial charge is 0.239 e. The molecule has 5 heteroatoms. The van der Waals surface area contributed by atoms with E-state index in [0.717, 1.165) is 11.1 Å². The number of halogens is 1. The SMILES string of the molecule is Cc1ccc(F)c(N2CC[C@@H](C(=O)N[C@@H](C)c3ccccc3)C2=O)c1. The van der Waals surface area contributed by atoms with Gasteiger partial charge in [0.15, 0.2) is 0 Å². The maximum Gasteiger partial charge on any atom is 0.239 e. The molecule has 25 heavy (non-hydrogen) atoms. The van der Waals surface area contributed by atoms with Gasteiger partial charge >= 0.3 is 0 Å². The van der Waals surface area contributed by atoms with Gasteiger partial charge in [-0.25, -0.2) is 4.39 Å². The van der Waals surface area contributed by atoms with Crippen molar-refractivity contribution in [2.45, 2.75) is 26.3 Å². The van der Waals surface area contributed by atoms with Crippen LogP contribution in [0.5, 0.6) is 0 Å². The Morgan fingerprint density at radius 2 is 1.96 bits per heavy atom. The van der Waals surface area contributed by atoms with E-state index in [4.69, 9.17) is 0 Å². The van der Waals surface area contributed by atoms with Crippen LogP contribution in [0.25, 0.3) is 0 Å². The first-order chi connectivity index (χ1) is 12.0. The minimum Gasteiger partial charge on any atom is -0.349 e. The van der Waals surface area contributed by atoms with E-state index < -0.39 is 11.7 Å². The number of benzene rings is 2. The van der Waals surface area contributed by atoms with Crippen molar-refractivity contribution in [3.8, 4) is 0 Å². The highest BCUT2D eigenvalue weighted by Gasteiger charge is 2.38. The predicted molar refractivity (Wildman–Crippen MR) is 94.6 cm³/mol. The number of carbonyl (C=O) groups is 2. The summed E-state index contributed by atoms with van der Waals surface area (Å²) in [6, 6.07) is 14.0. The number of anilines is 1. The van der Waals surface area contributed by atoms with E-state index in [0.29, 0.717) is 13.0 Å². The lowest BCUT2D eigenvalue weighted by atomic mass is 10.0. The monoisotopic (exact) mass is 340 g/mol. The normalized spacial score (nSPS) is 18.3. The molecule has 1 aliphatic rings. The Kier molecular flexibility index (Phi) is 4.83. The Balaban J connectivity index is 1.71. The fourth-order valence-electron chi connectivity index (χ4n) is 3.13. The Labute approximate surface area is 146 Å². The van der Waals surface area contributed by atoms with Crippen LogP contribution in [0.2, 0.25) is 0 Å². The molecular weight excluding hydrogens is 319 g/mol. The molecule has 1 N–H and O–H groups in total. The molecular formula is C20H21FN2O2. The van der Waals surface area contributed by atoms with Crippen molar-refractivity contribution in [1.82, 2.24) is 5.32 Å². The maximum absolute atomic E-state index is 14.1. The fourth-order valence-corrected chi connectivity index (χ4v) is 3.13. The van der Waals surface area contributed by atoms with Gasteiger partial charge < -0.3 is 10.2 Å². The number of hydrogen-bond acceptors (Lipinski definition) is 2. The van der Waals surface area contributed by atoms with Gasteiger partial charge in [0.25, 0.3) is 0 Å². The standard InChI is InChI=1S/C20H21FN2O2/c1-13-8-9-17(21)18(12-13)23-11-10-16(20(23)25)19(24)22-14(2)15-6-4-3-5-7-15/h3-9,12,14,16H,10-11H2,1-2H3,(H,22,24)/t14-,16-/m0/s1. The predicted octanol–water partition coefficient (Wildman–Crippen LogP) is 3.36. The lowest BCUT2D eigenvalue weighted by Gasteiger charge is -2.19. The van der Waals surface area contributed by atoms with Crippen LogP contribution in [0.15, 0.2) is 48.5 Å². The van der Waals surface area contributed by atoms with Gasteiger partial charge in [-0.3, -0.25) is 9.59 Å². The van der Waals surface area contributed by atoms with Gasteiger partial charge in [0.2, 0.25) is 11.8 Å². The molecule has 0 bridgehead atoms. The third kappa shape index (κ3) is 3.55. The Bertz CT molecular complexity index is 792. The van der Waals surface area contributed by atoms with Crippen molar-refractivity contribution in [1.29, 1.82) is 0 Å². The third-order valence-electron chi connectivity index (χ3n) is 4.57. The lowest BCUT2D eigenvalue weighted by Crippen LogP contribution is -2.38.